The van der Waals surface area contributed by atoms with E-state index in [1.165, 1.54) is 16.8 Å². The van der Waals surface area contributed by atoms with Crippen molar-refractivity contribution in [1.82, 2.24) is 4.98 Å². The minimum absolute atomic E-state index is 0.246. The zero-order valence-corrected chi connectivity index (χ0v) is 12.6. The van der Waals surface area contributed by atoms with Gasteiger partial charge in [0.1, 0.15) is 0 Å². The minimum atomic E-state index is 0.246. The van der Waals surface area contributed by atoms with E-state index in [-0.39, 0.29) is 6.04 Å². The highest BCUT2D eigenvalue weighted by Gasteiger charge is 2.39. The van der Waals surface area contributed by atoms with E-state index in [1.807, 2.05) is 18.3 Å². The SMILES string of the molecule is Cc1ccc(Cl)c2c1N[C@@H](c1ccccn1)[C@H]1CC=C[C@@H]21. The van der Waals surface area contributed by atoms with Gasteiger partial charge in [-0.05, 0) is 43.0 Å². The molecule has 0 unspecified atom stereocenters. The molecule has 2 aromatic rings. The maximum absolute atomic E-state index is 6.48. The molecule has 3 atom stereocenters. The standard InChI is InChI=1S/C18H17ClN2/c1-11-8-9-14(19)16-12-5-4-6-13(12)18(21-17(11)16)15-7-2-3-10-20-15/h2-5,7-10,12-13,18,21H,6H2,1H3/t12-,13+,18-/m1/s1. The number of anilines is 1. The summed E-state index contributed by atoms with van der Waals surface area (Å²) in [5.74, 6) is 0.882. The van der Waals surface area contributed by atoms with Crippen LogP contribution in [0.15, 0.2) is 48.7 Å². The Morgan fingerprint density at radius 1 is 1.24 bits per heavy atom. The number of halogens is 1. The van der Waals surface area contributed by atoms with Gasteiger partial charge in [0.25, 0.3) is 0 Å². The molecule has 1 aliphatic carbocycles. The number of fused-ring (bicyclic) bond motifs is 3. The van der Waals surface area contributed by atoms with Crippen molar-refractivity contribution in [3.8, 4) is 0 Å². The molecule has 1 aromatic carbocycles. The molecule has 0 saturated heterocycles. The number of benzene rings is 1. The zero-order valence-electron chi connectivity index (χ0n) is 11.9. The molecule has 21 heavy (non-hydrogen) atoms. The Kier molecular flexibility index (Phi) is 3.00. The third-order valence-electron chi connectivity index (χ3n) is 4.68. The van der Waals surface area contributed by atoms with Gasteiger partial charge >= 0.3 is 0 Å². The van der Waals surface area contributed by atoms with Crippen LogP contribution in [-0.2, 0) is 0 Å². The van der Waals surface area contributed by atoms with Crippen LogP contribution in [-0.4, -0.2) is 4.98 Å². The summed E-state index contributed by atoms with van der Waals surface area (Å²) in [6.45, 7) is 2.14. The second-order valence-electron chi connectivity index (χ2n) is 5.88. The number of aromatic nitrogens is 1. The Morgan fingerprint density at radius 3 is 2.95 bits per heavy atom. The van der Waals surface area contributed by atoms with Crippen molar-refractivity contribution in [2.24, 2.45) is 5.92 Å². The van der Waals surface area contributed by atoms with Crippen molar-refractivity contribution in [2.75, 3.05) is 5.32 Å². The van der Waals surface area contributed by atoms with Gasteiger partial charge in [-0.2, -0.15) is 0 Å². The summed E-state index contributed by atoms with van der Waals surface area (Å²) in [5, 5.41) is 4.57. The van der Waals surface area contributed by atoms with E-state index in [9.17, 15) is 0 Å². The fourth-order valence-electron chi connectivity index (χ4n) is 3.66. The van der Waals surface area contributed by atoms with Gasteiger partial charge in [0.05, 0.1) is 11.7 Å². The van der Waals surface area contributed by atoms with Crippen molar-refractivity contribution >= 4 is 17.3 Å². The van der Waals surface area contributed by atoms with Gasteiger partial charge in [0.15, 0.2) is 0 Å². The third-order valence-corrected chi connectivity index (χ3v) is 5.01. The molecule has 0 bridgehead atoms. The van der Waals surface area contributed by atoms with E-state index in [0.29, 0.717) is 11.8 Å². The highest BCUT2D eigenvalue weighted by molar-refractivity contribution is 6.32. The summed E-state index contributed by atoms with van der Waals surface area (Å²) in [5.41, 5.74) is 4.80. The second kappa shape index (κ2) is 4.88. The van der Waals surface area contributed by atoms with Gasteiger partial charge in [-0.25, -0.2) is 0 Å². The molecule has 3 heteroatoms. The Bertz CT molecular complexity index is 709. The number of pyridine rings is 1. The lowest BCUT2D eigenvalue weighted by atomic mass is 9.77. The second-order valence-corrected chi connectivity index (χ2v) is 6.29. The van der Waals surface area contributed by atoms with E-state index in [0.717, 1.165) is 17.1 Å². The van der Waals surface area contributed by atoms with Crippen LogP contribution in [0, 0.1) is 12.8 Å². The third kappa shape index (κ3) is 1.97. The van der Waals surface area contributed by atoms with E-state index < -0.39 is 0 Å². The number of hydrogen-bond donors (Lipinski definition) is 1. The highest BCUT2D eigenvalue weighted by Crippen LogP contribution is 2.52. The maximum atomic E-state index is 6.48. The fraction of sp³-hybridized carbons (Fsp3) is 0.278. The molecule has 0 radical (unpaired) electrons. The van der Waals surface area contributed by atoms with Gasteiger partial charge in [-0.15, -0.1) is 0 Å². The van der Waals surface area contributed by atoms with Crippen LogP contribution in [0.3, 0.4) is 0 Å². The predicted molar refractivity (Wildman–Crippen MR) is 86.8 cm³/mol. The molecular formula is C18H17ClN2. The molecular weight excluding hydrogens is 280 g/mol. The van der Waals surface area contributed by atoms with Crippen molar-refractivity contribution in [3.05, 3.63) is 70.5 Å². The number of aryl methyl sites for hydroxylation is 1. The smallest absolute Gasteiger partial charge is 0.0725 e. The van der Waals surface area contributed by atoms with Gasteiger partial charge in [0.2, 0.25) is 0 Å². The van der Waals surface area contributed by atoms with Gasteiger partial charge in [-0.3, -0.25) is 4.98 Å². The van der Waals surface area contributed by atoms with Crippen LogP contribution in [0.25, 0.3) is 0 Å². The van der Waals surface area contributed by atoms with E-state index >= 15 is 0 Å². The first-order valence-corrected chi connectivity index (χ1v) is 7.76. The maximum Gasteiger partial charge on any atom is 0.0725 e. The van der Waals surface area contributed by atoms with Crippen LogP contribution < -0.4 is 5.32 Å². The zero-order chi connectivity index (χ0) is 14.4. The molecule has 1 N–H and O–H groups in total. The first-order chi connectivity index (χ1) is 10.3. The first kappa shape index (κ1) is 12.9. The summed E-state index contributed by atoms with van der Waals surface area (Å²) in [6.07, 6.45) is 7.53. The molecule has 0 saturated carbocycles. The molecule has 0 spiro atoms. The molecule has 1 aliphatic heterocycles. The van der Waals surface area contributed by atoms with Gasteiger partial charge < -0.3 is 5.32 Å². The molecule has 0 fully saturated rings. The number of allylic oxidation sites excluding steroid dienone is 2. The molecule has 4 rings (SSSR count). The van der Waals surface area contributed by atoms with Crippen molar-refractivity contribution in [1.29, 1.82) is 0 Å². The molecule has 2 aliphatic rings. The predicted octanol–water partition coefficient (Wildman–Crippen LogP) is 4.87. The van der Waals surface area contributed by atoms with Crippen LogP contribution in [0.1, 0.15) is 35.2 Å². The van der Waals surface area contributed by atoms with Crippen LogP contribution in [0.5, 0.6) is 0 Å². The number of hydrogen-bond acceptors (Lipinski definition) is 2. The van der Waals surface area contributed by atoms with E-state index in [1.54, 1.807) is 0 Å². The summed E-state index contributed by atoms with van der Waals surface area (Å²) in [6, 6.07) is 10.5. The molecule has 2 heterocycles. The largest absolute Gasteiger partial charge is 0.376 e. The van der Waals surface area contributed by atoms with Crippen LogP contribution in [0.4, 0.5) is 5.69 Å². The molecule has 106 valence electrons. The lowest BCUT2D eigenvalue weighted by molar-refractivity contribution is 0.419. The average Bonchev–Trinajstić information content (AvgIpc) is 3.00. The quantitative estimate of drug-likeness (QED) is 0.759. The molecule has 2 nitrogen and oxygen atoms in total. The lowest BCUT2D eigenvalue weighted by Gasteiger charge is -2.38. The Morgan fingerprint density at radius 2 is 2.14 bits per heavy atom. The summed E-state index contributed by atoms with van der Waals surface area (Å²) in [7, 11) is 0. The van der Waals surface area contributed by atoms with Crippen molar-refractivity contribution < 1.29 is 0 Å². The normalized spacial score (nSPS) is 26.1. The Labute approximate surface area is 129 Å². The summed E-state index contributed by atoms with van der Waals surface area (Å²) >= 11 is 6.48. The summed E-state index contributed by atoms with van der Waals surface area (Å²) in [4.78, 5) is 4.56. The molecule has 1 aromatic heterocycles. The van der Waals surface area contributed by atoms with Crippen LogP contribution in [0.2, 0.25) is 5.02 Å². The van der Waals surface area contributed by atoms with Crippen molar-refractivity contribution in [3.63, 3.8) is 0 Å². The van der Waals surface area contributed by atoms with Crippen molar-refractivity contribution in [2.45, 2.75) is 25.3 Å². The number of nitrogens with zero attached hydrogens (tertiary/aromatic N) is 1. The topological polar surface area (TPSA) is 24.9 Å². The lowest BCUT2D eigenvalue weighted by Crippen LogP contribution is -2.30. The average molecular weight is 297 g/mol. The molecule has 0 amide bonds. The van der Waals surface area contributed by atoms with E-state index in [4.69, 9.17) is 11.6 Å². The van der Waals surface area contributed by atoms with Crippen LogP contribution >= 0.6 is 11.6 Å². The minimum Gasteiger partial charge on any atom is -0.376 e. The monoisotopic (exact) mass is 296 g/mol. The fourth-order valence-corrected chi connectivity index (χ4v) is 3.95. The Hall–Kier alpha value is -1.80. The number of nitrogens with one attached hydrogen (secondary N) is 1. The first-order valence-electron chi connectivity index (χ1n) is 7.39. The van der Waals surface area contributed by atoms with E-state index in [2.05, 4.69) is 47.6 Å². The summed E-state index contributed by atoms with van der Waals surface area (Å²) < 4.78 is 0. The highest BCUT2D eigenvalue weighted by atomic mass is 35.5. The van der Waals surface area contributed by atoms with Gasteiger partial charge in [0, 0.05) is 28.4 Å². The van der Waals surface area contributed by atoms with Gasteiger partial charge in [-0.1, -0.05) is 35.9 Å². The number of rotatable bonds is 1. The Balaban J connectivity index is 1.86.